The van der Waals surface area contributed by atoms with Crippen molar-refractivity contribution >= 4 is 40.2 Å². The zero-order valence-electron chi connectivity index (χ0n) is 10.7. The van der Waals surface area contributed by atoms with E-state index in [2.05, 4.69) is 9.97 Å². The van der Waals surface area contributed by atoms with Crippen molar-refractivity contribution in [3.05, 3.63) is 29.0 Å². The van der Waals surface area contributed by atoms with E-state index in [0.717, 1.165) is 29.6 Å². The number of benzene rings is 1. The highest BCUT2D eigenvalue weighted by Crippen LogP contribution is 2.37. The molecule has 1 aromatic heterocycles. The molecule has 0 bridgehead atoms. The van der Waals surface area contributed by atoms with E-state index in [1.165, 1.54) is 18.2 Å². The SMILES string of the molecule is O=C(O)CSc1nc(C2CCC2)nc2ccc(Cl)cc12. The predicted molar refractivity (Wildman–Crippen MR) is 79.5 cm³/mol. The second kappa shape index (κ2) is 5.58. The minimum absolute atomic E-state index is 0.0112. The van der Waals surface area contributed by atoms with E-state index in [1.807, 2.05) is 6.07 Å². The number of aliphatic carboxylic acids is 1. The maximum absolute atomic E-state index is 10.8. The molecule has 4 nitrogen and oxygen atoms in total. The minimum atomic E-state index is -0.853. The van der Waals surface area contributed by atoms with Gasteiger partial charge in [-0.3, -0.25) is 4.79 Å². The zero-order chi connectivity index (χ0) is 14.1. The number of nitrogens with zero attached hydrogens (tertiary/aromatic N) is 2. The van der Waals surface area contributed by atoms with E-state index >= 15 is 0 Å². The Kier molecular flexibility index (Phi) is 3.81. The van der Waals surface area contributed by atoms with Gasteiger partial charge in [-0.15, -0.1) is 0 Å². The van der Waals surface area contributed by atoms with Gasteiger partial charge in [-0.25, -0.2) is 9.97 Å². The standard InChI is InChI=1S/C14H13ClN2O2S/c15-9-4-5-11-10(6-9)14(20-7-12(18)19)17-13(16-11)8-2-1-3-8/h4-6,8H,1-3,7H2,(H,18,19). The zero-order valence-corrected chi connectivity index (χ0v) is 12.2. The topological polar surface area (TPSA) is 63.1 Å². The summed E-state index contributed by atoms with van der Waals surface area (Å²) < 4.78 is 0. The third-order valence-electron chi connectivity index (χ3n) is 3.44. The van der Waals surface area contributed by atoms with Gasteiger partial charge in [0, 0.05) is 16.3 Å². The number of carboxylic acid groups (broad SMARTS) is 1. The Morgan fingerprint density at radius 2 is 2.20 bits per heavy atom. The molecule has 0 saturated heterocycles. The summed E-state index contributed by atoms with van der Waals surface area (Å²) in [7, 11) is 0. The largest absolute Gasteiger partial charge is 0.481 e. The monoisotopic (exact) mass is 308 g/mol. The molecular formula is C14H13ClN2O2S. The third-order valence-corrected chi connectivity index (χ3v) is 4.65. The van der Waals surface area contributed by atoms with Gasteiger partial charge in [0.15, 0.2) is 0 Å². The van der Waals surface area contributed by atoms with Gasteiger partial charge in [0.05, 0.1) is 11.3 Å². The summed E-state index contributed by atoms with van der Waals surface area (Å²) in [5.74, 6) is 0.384. The van der Waals surface area contributed by atoms with Crippen LogP contribution in [0.25, 0.3) is 10.9 Å². The summed E-state index contributed by atoms with van der Waals surface area (Å²) in [6.45, 7) is 0. The van der Waals surface area contributed by atoms with Crippen LogP contribution in [0.15, 0.2) is 23.2 Å². The van der Waals surface area contributed by atoms with Crippen molar-refractivity contribution in [2.45, 2.75) is 30.2 Å². The van der Waals surface area contributed by atoms with Crippen LogP contribution in [0.4, 0.5) is 0 Å². The molecule has 20 heavy (non-hydrogen) atoms. The number of carbonyl (C=O) groups is 1. The summed E-state index contributed by atoms with van der Waals surface area (Å²) in [5.41, 5.74) is 0.833. The van der Waals surface area contributed by atoms with Crippen molar-refractivity contribution in [2.24, 2.45) is 0 Å². The molecule has 0 radical (unpaired) electrons. The second-order valence-electron chi connectivity index (χ2n) is 4.86. The summed E-state index contributed by atoms with van der Waals surface area (Å²) in [4.78, 5) is 19.9. The van der Waals surface area contributed by atoms with E-state index in [0.29, 0.717) is 16.0 Å². The predicted octanol–water partition coefficient (Wildman–Crippen LogP) is 3.73. The van der Waals surface area contributed by atoms with Crippen LogP contribution >= 0.6 is 23.4 Å². The third kappa shape index (κ3) is 2.74. The first kappa shape index (κ1) is 13.6. The fraction of sp³-hybridized carbons (Fsp3) is 0.357. The van der Waals surface area contributed by atoms with Crippen molar-refractivity contribution in [1.82, 2.24) is 9.97 Å². The molecule has 0 atom stereocenters. The number of rotatable bonds is 4. The molecule has 1 fully saturated rings. The quantitative estimate of drug-likeness (QED) is 0.689. The maximum Gasteiger partial charge on any atom is 0.313 e. The first-order valence-corrected chi connectivity index (χ1v) is 7.81. The lowest BCUT2D eigenvalue weighted by Gasteiger charge is -2.24. The minimum Gasteiger partial charge on any atom is -0.481 e. The summed E-state index contributed by atoms with van der Waals surface area (Å²) in [6, 6.07) is 5.46. The van der Waals surface area contributed by atoms with Crippen LogP contribution in [0.1, 0.15) is 31.0 Å². The molecule has 1 saturated carbocycles. The van der Waals surface area contributed by atoms with Crippen molar-refractivity contribution in [2.75, 3.05) is 5.75 Å². The van der Waals surface area contributed by atoms with E-state index in [1.54, 1.807) is 12.1 Å². The summed E-state index contributed by atoms with van der Waals surface area (Å²) >= 11 is 7.24. The Morgan fingerprint density at radius 1 is 1.40 bits per heavy atom. The van der Waals surface area contributed by atoms with Crippen molar-refractivity contribution < 1.29 is 9.90 Å². The van der Waals surface area contributed by atoms with Gasteiger partial charge in [0.25, 0.3) is 0 Å². The van der Waals surface area contributed by atoms with Gasteiger partial charge >= 0.3 is 5.97 Å². The summed E-state index contributed by atoms with van der Waals surface area (Å²) in [6.07, 6.45) is 3.44. The van der Waals surface area contributed by atoms with Gasteiger partial charge in [-0.05, 0) is 31.0 Å². The molecular weight excluding hydrogens is 296 g/mol. The Labute approximate surface area is 125 Å². The molecule has 104 valence electrons. The van der Waals surface area contributed by atoms with E-state index in [4.69, 9.17) is 16.7 Å². The van der Waals surface area contributed by atoms with Crippen LogP contribution < -0.4 is 0 Å². The van der Waals surface area contributed by atoms with Crippen LogP contribution in [0.2, 0.25) is 5.02 Å². The molecule has 3 rings (SSSR count). The normalized spacial score (nSPS) is 15.2. The molecule has 6 heteroatoms. The number of hydrogen-bond acceptors (Lipinski definition) is 4. The molecule has 2 aromatic rings. The Bertz CT molecular complexity index is 674. The van der Waals surface area contributed by atoms with Crippen LogP contribution in [0.3, 0.4) is 0 Å². The van der Waals surface area contributed by atoms with Gasteiger partial charge in [-0.2, -0.15) is 0 Å². The second-order valence-corrected chi connectivity index (χ2v) is 6.26. The van der Waals surface area contributed by atoms with E-state index in [9.17, 15) is 4.79 Å². The molecule has 1 heterocycles. The Balaban J connectivity index is 2.06. The van der Waals surface area contributed by atoms with Crippen LogP contribution in [-0.4, -0.2) is 26.8 Å². The summed E-state index contributed by atoms with van der Waals surface area (Å²) in [5, 5.41) is 11.0. The van der Waals surface area contributed by atoms with Gasteiger partial charge in [-0.1, -0.05) is 29.8 Å². The van der Waals surface area contributed by atoms with Crippen molar-refractivity contribution in [1.29, 1.82) is 0 Å². The Hall–Kier alpha value is -1.33. The highest BCUT2D eigenvalue weighted by Gasteiger charge is 2.23. The maximum atomic E-state index is 10.8. The number of carboxylic acids is 1. The lowest BCUT2D eigenvalue weighted by Crippen LogP contribution is -2.13. The molecule has 1 N–H and O–H groups in total. The molecule has 0 unspecified atom stereocenters. The number of fused-ring (bicyclic) bond motifs is 1. The van der Waals surface area contributed by atoms with E-state index in [-0.39, 0.29) is 5.75 Å². The van der Waals surface area contributed by atoms with Crippen molar-refractivity contribution in [3.63, 3.8) is 0 Å². The molecule has 1 aromatic carbocycles. The average Bonchev–Trinajstić information content (AvgIpc) is 2.34. The first-order valence-electron chi connectivity index (χ1n) is 6.45. The number of halogens is 1. The van der Waals surface area contributed by atoms with Crippen LogP contribution in [0.5, 0.6) is 0 Å². The van der Waals surface area contributed by atoms with Crippen LogP contribution in [0, 0.1) is 0 Å². The number of thioether (sulfide) groups is 1. The molecule has 1 aliphatic rings. The van der Waals surface area contributed by atoms with Gasteiger partial charge < -0.3 is 5.11 Å². The Morgan fingerprint density at radius 3 is 2.85 bits per heavy atom. The average molecular weight is 309 g/mol. The first-order chi connectivity index (χ1) is 9.63. The van der Waals surface area contributed by atoms with Crippen LogP contribution in [-0.2, 0) is 4.79 Å². The molecule has 1 aliphatic carbocycles. The number of aromatic nitrogens is 2. The van der Waals surface area contributed by atoms with Gasteiger partial charge in [0.1, 0.15) is 10.9 Å². The number of hydrogen-bond donors (Lipinski definition) is 1. The lowest BCUT2D eigenvalue weighted by molar-refractivity contribution is -0.133. The highest BCUT2D eigenvalue weighted by molar-refractivity contribution is 8.00. The highest BCUT2D eigenvalue weighted by atomic mass is 35.5. The fourth-order valence-corrected chi connectivity index (χ4v) is 3.09. The molecule has 0 spiro atoms. The van der Waals surface area contributed by atoms with Crippen molar-refractivity contribution in [3.8, 4) is 0 Å². The van der Waals surface area contributed by atoms with Gasteiger partial charge in [0.2, 0.25) is 0 Å². The lowest BCUT2D eigenvalue weighted by atomic mass is 9.85. The molecule has 0 amide bonds. The smallest absolute Gasteiger partial charge is 0.313 e. The van der Waals surface area contributed by atoms with E-state index < -0.39 is 5.97 Å². The fourth-order valence-electron chi connectivity index (χ4n) is 2.18. The molecule has 0 aliphatic heterocycles.